The number of halogens is 5. The van der Waals surface area contributed by atoms with E-state index >= 15 is 0 Å². The van der Waals surface area contributed by atoms with Gasteiger partial charge in [0.1, 0.15) is 0 Å². The van der Waals surface area contributed by atoms with Gasteiger partial charge >= 0.3 is 6.18 Å². The number of benzene rings is 2. The first-order valence-electron chi connectivity index (χ1n) is 12.1. The van der Waals surface area contributed by atoms with Crippen LogP contribution in [0.15, 0.2) is 30.3 Å². The largest absolute Gasteiger partial charge is 0.416 e. The second kappa shape index (κ2) is 10.8. The number of carbonyl (C=O) groups excluding carboxylic acids is 1. The molecule has 3 aromatic rings. The number of hydrogen-bond acceptors (Lipinski definition) is 3. The quantitative estimate of drug-likeness (QED) is 0.254. The van der Waals surface area contributed by atoms with Gasteiger partial charge in [0, 0.05) is 48.2 Å². The Hall–Kier alpha value is -2.26. The van der Waals surface area contributed by atoms with Crippen LogP contribution in [-0.2, 0) is 24.5 Å². The molecule has 0 bridgehead atoms. The van der Waals surface area contributed by atoms with Gasteiger partial charge < -0.3 is 9.47 Å². The first kappa shape index (κ1) is 27.8. The molecule has 4 rings (SSSR count). The number of rotatable bonds is 6. The molecular weight excluding hydrogens is 528 g/mol. The summed E-state index contributed by atoms with van der Waals surface area (Å²) in [5.41, 5.74) is 1.92. The maximum absolute atomic E-state index is 13.4. The minimum absolute atomic E-state index is 0.185. The zero-order valence-electron chi connectivity index (χ0n) is 20.8. The predicted molar refractivity (Wildman–Crippen MR) is 138 cm³/mol. The van der Waals surface area contributed by atoms with Gasteiger partial charge in [-0.15, -0.1) is 0 Å². The van der Waals surface area contributed by atoms with Crippen molar-refractivity contribution < 1.29 is 28.1 Å². The lowest BCUT2D eigenvalue weighted by atomic mass is 9.86. The fourth-order valence-electron chi connectivity index (χ4n) is 5.20. The van der Waals surface area contributed by atoms with Crippen LogP contribution < -0.4 is 0 Å². The Morgan fingerprint density at radius 3 is 2.49 bits per heavy atom. The summed E-state index contributed by atoms with van der Waals surface area (Å²) in [6.45, 7) is 5.06. The summed E-state index contributed by atoms with van der Waals surface area (Å²) in [6.07, 6.45) is -2.59. The van der Waals surface area contributed by atoms with Gasteiger partial charge in [0.15, 0.2) is 0 Å². The van der Waals surface area contributed by atoms with E-state index in [0.29, 0.717) is 51.6 Å². The zero-order chi connectivity index (χ0) is 27.1. The Balaban J connectivity index is 1.60. The number of fused-ring (bicyclic) bond motifs is 1. The highest BCUT2D eigenvalue weighted by atomic mass is 35.5. The molecule has 1 saturated heterocycles. The summed E-state index contributed by atoms with van der Waals surface area (Å²) in [4.78, 5) is 19.4. The number of aromatic nitrogens is 1. The molecule has 10 heteroatoms. The molecule has 0 saturated carbocycles. The van der Waals surface area contributed by atoms with Crippen molar-refractivity contribution in [3.8, 4) is 0 Å². The van der Waals surface area contributed by atoms with Gasteiger partial charge in [0.05, 0.1) is 22.8 Å². The summed E-state index contributed by atoms with van der Waals surface area (Å²) in [7, 11) is 1.71. The van der Waals surface area contributed by atoms with Gasteiger partial charge in [0.2, 0.25) is 0 Å². The van der Waals surface area contributed by atoms with E-state index in [2.05, 4.69) is 4.89 Å². The van der Waals surface area contributed by atoms with Gasteiger partial charge in [-0.2, -0.15) is 13.2 Å². The number of likely N-dealkylation sites (tertiary alicyclic amines) is 1. The van der Waals surface area contributed by atoms with Crippen molar-refractivity contribution in [2.24, 2.45) is 18.9 Å². The van der Waals surface area contributed by atoms with Crippen LogP contribution in [0.3, 0.4) is 0 Å². The van der Waals surface area contributed by atoms with Gasteiger partial charge in [-0.05, 0) is 73.1 Å². The molecule has 200 valence electrons. The Labute approximate surface area is 223 Å². The maximum Gasteiger partial charge on any atom is 0.416 e. The molecule has 1 aliphatic heterocycles. The highest BCUT2D eigenvalue weighted by Gasteiger charge is 2.32. The van der Waals surface area contributed by atoms with Crippen molar-refractivity contribution in [1.29, 1.82) is 0 Å². The normalized spacial score (nSPS) is 16.0. The molecule has 0 radical (unpaired) electrons. The lowest BCUT2D eigenvalue weighted by Crippen LogP contribution is -2.40. The summed E-state index contributed by atoms with van der Waals surface area (Å²) < 4.78 is 41.8. The number of aryl methyl sites for hydroxylation is 2. The topological polar surface area (TPSA) is 54.7 Å². The van der Waals surface area contributed by atoms with Crippen molar-refractivity contribution in [2.75, 3.05) is 19.7 Å². The van der Waals surface area contributed by atoms with Crippen LogP contribution in [0.1, 0.15) is 52.5 Å². The molecule has 1 unspecified atom stereocenters. The van der Waals surface area contributed by atoms with Crippen LogP contribution in [0.2, 0.25) is 10.0 Å². The second-order valence-electron chi connectivity index (χ2n) is 9.89. The van der Waals surface area contributed by atoms with Crippen molar-refractivity contribution in [2.45, 2.75) is 39.3 Å². The minimum atomic E-state index is -4.44. The van der Waals surface area contributed by atoms with E-state index in [1.165, 1.54) is 0 Å². The van der Waals surface area contributed by atoms with Crippen LogP contribution in [0.25, 0.3) is 10.9 Å². The van der Waals surface area contributed by atoms with Crippen LogP contribution in [0.5, 0.6) is 0 Å². The van der Waals surface area contributed by atoms with E-state index in [9.17, 15) is 18.0 Å². The summed E-state index contributed by atoms with van der Waals surface area (Å²) in [5.74, 6) is 0.347. The highest BCUT2D eigenvalue weighted by molar-refractivity contribution is 6.38. The van der Waals surface area contributed by atoms with Crippen LogP contribution in [0, 0.1) is 18.8 Å². The average molecular weight is 557 g/mol. The molecule has 1 atom stereocenters. The minimum Gasteiger partial charge on any atom is -0.347 e. The highest BCUT2D eigenvalue weighted by Crippen LogP contribution is 2.36. The number of nitrogens with zero attached hydrogens (tertiary/aromatic N) is 2. The molecule has 2 heterocycles. The zero-order valence-corrected chi connectivity index (χ0v) is 22.3. The molecule has 1 aliphatic rings. The third-order valence-corrected chi connectivity index (χ3v) is 8.32. The Morgan fingerprint density at radius 1 is 1.19 bits per heavy atom. The molecule has 37 heavy (non-hydrogen) atoms. The lowest BCUT2D eigenvalue weighted by Gasteiger charge is -2.34. The average Bonchev–Trinajstić information content (AvgIpc) is 3.17. The van der Waals surface area contributed by atoms with Gasteiger partial charge in [-0.3, -0.25) is 10.1 Å². The van der Waals surface area contributed by atoms with Crippen LogP contribution in [0.4, 0.5) is 13.2 Å². The second-order valence-corrected chi connectivity index (χ2v) is 10.7. The maximum atomic E-state index is 13.4. The molecule has 0 aliphatic carbocycles. The third-order valence-electron chi connectivity index (χ3n) is 7.54. The van der Waals surface area contributed by atoms with Crippen molar-refractivity contribution in [1.82, 2.24) is 9.47 Å². The van der Waals surface area contributed by atoms with Gasteiger partial charge in [0.25, 0.3) is 5.91 Å². The fraction of sp³-hybridized carbons (Fsp3) is 0.444. The fourth-order valence-corrected chi connectivity index (χ4v) is 5.78. The Morgan fingerprint density at radius 2 is 1.86 bits per heavy atom. The third kappa shape index (κ3) is 5.62. The summed E-state index contributed by atoms with van der Waals surface area (Å²) in [6, 6.07) is 7.39. The van der Waals surface area contributed by atoms with E-state index < -0.39 is 11.7 Å². The lowest BCUT2D eigenvalue weighted by molar-refractivity contribution is -0.253. The smallest absolute Gasteiger partial charge is 0.347 e. The monoisotopic (exact) mass is 556 g/mol. The predicted octanol–water partition coefficient (Wildman–Crippen LogP) is 7.38. The molecule has 1 aromatic heterocycles. The van der Waals surface area contributed by atoms with E-state index in [0.717, 1.165) is 30.7 Å². The molecule has 1 fully saturated rings. The van der Waals surface area contributed by atoms with Crippen molar-refractivity contribution >= 4 is 40.0 Å². The van der Waals surface area contributed by atoms with E-state index in [-0.39, 0.29) is 29.9 Å². The number of amides is 1. The first-order valence-corrected chi connectivity index (χ1v) is 12.9. The molecule has 0 spiro atoms. The number of hydrogen-bond donors (Lipinski definition) is 1. The molecular formula is C27H29Cl2F3N2O3. The standard InChI is InChI=1S/C27H29Cl2F3N2O3/c1-15-10-18(27(30,31)32)11-24-21(15)12-19(33(24)3)13-22-23(28)5-4-20(25(22)29)26(35)34-8-6-17(7-9-34)16(2)14-37-36/h4-5,10-12,16-17,36H,6-9,13-14H2,1-3H3. The van der Waals surface area contributed by atoms with Crippen LogP contribution in [-0.4, -0.2) is 40.3 Å². The Bertz CT molecular complexity index is 1310. The van der Waals surface area contributed by atoms with E-state index in [4.69, 9.17) is 28.5 Å². The van der Waals surface area contributed by atoms with Gasteiger partial charge in [-0.1, -0.05) is 30.1 Å². The van der Waals surface area contributed by atoms with Crippen LogP contribution >= 0.6 is 23.2 Å². The molecule has 1 N–H and O–H groups in total. The summed E-state index contributed by atoms with van der Waals surface area (Å²) >= 11 is 13.2. The van der Waals surface area contributed by atoms with Crippen molar-refractivity contribution in [3.05, 3.63) is 68.3 Å². The number of piperidine rings is 1. The van der Waals surface area contributed by atoms with Gasteiger partial charge in [-0.25, -0.2) is 4.89 Å². The van der Waals surface area contributed by atoms with Crippen molar-refractivity contribution in [3.63, 3.8) is 0 Å². The Kier molecular flexibility index (Phi) is 8.14. The molecule has 5 nitrogen and oxygen atoms in total. The molecule has 1 amide bonds. The first-order chi connectivity index (χ1) is 17.4. The number of alkyl halides is 3. The van der Waals surface area contributed by atoms with E-state index in [1.54, 1.807) is 35.6 Å². The SMILES string of the molecule is Cc1cc(C(F)(F)F)cc2c1cc(Cc1c(Cl)ccc(C(=O)N3CCC(C(C)COO)CC3)c1Cl)n2C. The summed E-state index contributed by atoms with van der Waals surface area (Å²) in [5, 5.41) is 10.1. The van der Waals surface area contributed by atoms with E-state index in [1.807, 2.05) is 13.0 Å². The molecule has 2 aromatic carbocycles. The number of carbonyl (C=O) groups is 1.